The number of nitrogens with zero attached hydrogens (tertiary/aromatic N) is 2. The molecule has 1 aliphatic heterocycles. The molecule has 16 nitrogen and oxygen atoms in total. The van der Waals surface area contributed by atoms with Gasteiger partial charge in [-0.15, -0.1) is 0 Å². The summed E-state index contributed by atoms with van der Waals surface area (Å²) in [7, 11) is 1.82. The number of aryl methyl sites for hydroxylation is 1. The van der Waals surface area contributed by atoms with Crippen molar-refractivity contribution in [3.05, 3.63) is 83.0 Å². The number of hydrogen-bond donors (Lipinski definition) is 4. The van der Waals surface area contributed by atoms with Gasteiger partial charge < -0.3 is 44.9 Å². The van der Waals surface area contributed by atoms with Crippen molar-refractivity contribution < 1.29 is 52.8 Å². The van der Waals surface area contributed by atoms with Crippen LogP contribution in [0.3, 0.4) is 0 Å². The lowest BCUT2D eigenvalue weighted by atomic mass is 9.94. The Balaban J connectivity index is 0.999. The van der Waals surface area contributed by atoms with E-state index in [9.17, 15) is 33.9 Å². The molecule has 2 aromatic carbocycles. The highest BCUT2D eigenvalue weighted by Crippen LogP contribution is 2.28. The molecule has 63 heavy (non-hydrogen) atoms. The number of amides is 3. The molecule has 3 amide bonds. The first-order valence-corrected chi connectivity index (χ1v) is 21.8. The summed E-state index contributed by atoms with van der Waals surface area (Å²) >= 11 is 0. The number of fused-ring (bicyclic) bond motifs is 1. The largest absolute Gasteiger partial charge is 0.493 e. The van der Waals surface area contributed by atoms with Crippen molar-refractivity contribution in [2.75, 3.05) is 77.0 Å². The number of aromatic nitrogens is 1. The lowest BCUT2D eigenvalue weighted by Crippen LogP contribution is -2.36. The maximum Gasteiger partial charge on any atom is 0.304 e. The number of anilines is 2. The molecule has 3 aromatic rings. The molecule has 16 heteroatoms. The monoisotopic (exact) mass is 873 g/mol. The van der Waals surface area contributed by atoms with Gasteiger partial charge in [-0.25, -0.2) is 4.98 Å². The van der Waals surface area contributed by atoms with Crippen molar-refractivity contribution in [2.24, 2.45) is 5.92 Å². The molecule has 4 rings (SSSR count). The van der Waals surface area contributed by atoms with Crippen molar-refractivity contribution in [1.29, 1.82) is 0 Å². The van der Waals surface area contributed by atoms with Gasteiger partial charge >= 0.3 is 5.97 Å². The first-order chi connectivity index (χ1) is 30.5. The number of carbonyl (C=O) groups excluding carboxylic acids is 5. The number of aliphatic carboxylic acids is 1. The molecule has 1 atom stereocenters. The molecule has 2 heterocycles. The molecule has 1 aromatic heterocycles. The van der Waals surface area contributed by atoms with E-state index >= 15 is 0 Å². The van der Waals surface area contributed by atoms with E-state index in [0.29, 0.717) is 122 Å². The van der Waals surface area contributed by atoms with Crippen LogP contribution in [-0.2, 0) is 68.8 Å². The quantitative estimate of drug-likeness (QED) is 0.0498. The summed E-state index contributed by atoms with van der Waals surface area (Å²) in [5, 5.41) is 18.2. The average Bonchev–Trinajstić information content (AvgIpc) is 3.37. The summed E-state index contributed by atoms with van der Waals surface area (Å²) < 4.78 is 23.0. The number of pyridine rings is 1. The van der Waals surface area contributed by atoms with Crippen LogP contribution in [0.2, 0.25) is 0 Å². The van der Waals surface area contributed by atoms with Gasteiger partial charge in [0.15, 0.2) is 0 Å². The molecule has 0 saturated carbocycles. The Morgan fingerprint density at radius 2 is 1.51 bits per heavy atom. The minimum Gasteiger partial charge on any atom is -0.493 e. The van der Waals surface area contributed by atoms with E-state index in [2.05, 4.69) is 20.9 Å². The summed E-state index contributed by atoms with van der Waals surface area (Å²) in [5.74, 6) is -0.885. The fourth-order valence-electron chi connectivity index (χ4n) is 6.95. The predicted molar refractivity (Wildman–Crippen MR) is 237 cm³/mol. The zero-order valence-electron chi connectivity index (χ0n) is 36.6. The summed E-state index contributed by atoms with van der Waals surface area (Å²) in [5.41, 5.74) is 4.38. The van der Waals surface area contributed by atoms with Crippen LogP contribution in [0.25, 0.3) is 0 Å². The fraction of sp³-hybridized carbons (Fsp3) is 0.511. The van der Waals surface area contributed by atoms with Crippen molar-refractivity contribution in [2.45, 2.75) is 84.1 Å². The Morgan fingerprint density at radius 3 is 2.22 bits per heavy atom. The first-order valence-electron chi connectivity index (χ1n) is 21.8. The molecule has 0 saturated heterocycles. The Labute approximate surface area is 369 Å². The summed E-state index contributed by atoms with van der Waals surface area (Å²) in [6, 6.07) is 18.8. The van der Waals surface area contributed by atoms with Gasteiger partial charge in [0, 0.05) is 77.0 Å². The van der Waals surface area contributed by atoms with Crippen LogP contribution in [-0.4, -0.2) is 117 Å². The maximum absolute atomic E-state index is 13.5. The average molecular weight is 874 g/mol. The number of nitrogens with one attached hydrogen (secondary N) is 3. The molecule has 342 valence electrons. The minimum atomic E-state index is -1.00. The van der Waals surface area contributed by atoms with E-state index in [1.54, 1.807) is 17.0 Å². The normalized spacial score (nSPS) is 13.5. The van der Waals surface area contributed by atoms with E-state index in [-0.39, 0.29) is 55.0 Å². The van der Waals surface area contributed by atoms with E-state index in [4.69, 9.17) is 18.9 Å². The zero-order chi connectivity index (χ0) is 45.2. The Morgan fingerprint density at radius 1 is 0.794 bits per heavy atom. The van der Waals surface area contributed by atoms with Crippen LogP contribution in [0.4, 0.5) is 11.5 Å². The molecule has 0 spiro atoms. The second-order valence-electron chi connectivity index (χ2n) is 15.5. The van der Waals surface area contributed by atoms with E-state index < -0.39 is 11.9 Å². The number of hydrogen-bond acceptors (Lipinski definition) is 12. The number of benzene rings is 2. The van der Waals surface area contributed by atoms with Crippen molar-refractivity contribution >= 4 is 46.8 Å². The van der Waals surface area contributed by atoms with Gasteiger partial charge in [0.25, 0.3) is 0 Å². The molecule has 1 unspecified atom stereocenters. The van der Waals surface area contributed by atoms with Gasteiger partial charge in [-0.2, -0.15) is 0 Å². The predicted octanol–water partition coefficient (Wildman–Crippen LogP) is 4.96. The SMILES string of the molecule is CNc1cccc(CCOc2ccc3c(c2)CN(CCCOCCOCCOCCCNC(=O)CCCC(=O)Nc2ccc(CCC(=O)CC(C)=O)cc2)C(=O)C(CC(=O)O)C3)n1. The van der Waals surface area contributed by atoms with E-state index in [1.807, 2.05) is 55.6 Å². The Hall–Kier alpha value is -5.71. The zero-order valence-corrected chi connectivity index (χ0v) is 36.6. The number of rotatable bonds is 31. The molecule has 0 fully saturated rings. The third-order valence-corrected chi connectivity index (χ3v) is 10.2. The highest BCUT2D eigenvalue weighted by Gasteiger charge is 2.31. The molecule has 0 radical (unpaired) electrons. The lowest BCUT2D eigenvalue weighted by Gasteiger charge is -2.24. The second-order valence-corrected chi connectivity index (χ2v) is 15.5. The Kier molecular flexibility index (Phi) is 22.3. The molecule has 4 N–H and O–H groups in total. The molecule has 1 aliphatic rings. The highest BCUT2D eigenvalue weighted by atomic mass is 16.5. The minimum absolute atomic E-state index is 0.0426. The fourth-order valence-corrected chi connectivity index (χ4v) is 6.95. The third-order valence-electron chi connectivity index (χ3n) is 10.2. The van der Waals surface area contributed by atoms with Crippen LogP contribution in [0, 0.1) is 5.92 Å². The van der Waals surface area contributed by atoms with E-state index in [1.165, 1.54) is 6.92 Å². The van der Waals surface area contributed by atoms with Crippen LogP contribution >= 0.6 is 0 Å². The topological polar surface area (TPSA) is 212 Å². The van der Waals surface area contributed by atoms with Gasteiger partial charge in [-0.3, -0.25) is 28.8 Å². The number of carbonyl (C=O) groups is 6. The molecular weight excluding hydrogens is 811 g/mol. The van der Waals surface area contributed by atoms with Gasteiger partial charge in [0.1, 0.15) is 23.1 Å². The van der Waals surface area contributed by atoms with Crippen LogP contribution in [0.15, 0.2) is 60.7 Å². The number of carboxylic acid groups (broad SMARTS) is 1. The standard InChI is InChI=1S/C47H63N5O11/c1-34(53)29-41(54)17-13-35-11-15-40(16-12-35)51-45(56)10-4-9-44(55)49-20-5-22-60-25-27-62-28-26-61-23-6-21-52-33-38-31-42(63-24-19-39-7-3-8-43(48-2)50-39)18-14-36(38)30-37(47(52)59)32-46(57)58/h3,7-8,11-12,14-16,18,31,37H,4-6,9-10,13,17,19-30,32-33H2,1-2H3,(H,48,50)(H,49,55)(H,51,56)(H,57,58). The van der Waals surface area contributed by atoms with Crippen molar-refractivity contribution in [3.8, 4) is 5.75 Å². The number of Topliss-reactive ketones (excluding diaryl/α,β-unsaturated/α-hetero) is 2. The van der Waals surface area contributed by atoms with Crippen LogP contribution in [0.5, 0.6) is 5.75 Å². The smallest absolute Gasteiger partial charge is 0.304 e. The first kappa shape index (κ1) is 49.9. The molecular formula is C47H63N5O11. The van der Waals surface area contributed by atoms with Crippen molar-refractivity contribution in [3.63, 3.8) is 0 Å². The van der Waals surface area contributed by atoms with Gasteiger partial charge in [0.05, 0.1) is 51.8 Å². The molecule has 0 bridgehead atoms. The summed E-state index contributed by atoms with van der Waals surface area (Å²) in [6.45, 7) is 5.51. The van der Waals surface area contributed by atoms with E-state index in [0.717, 1.165) is 28.2 Å². The number of ketones is 2. The van der Waals surface area contributed by atoms with Crippen LogP contribution in [0.1, 0.15) is 80.7 Å². The number of carboxylic acids is 1. The third kappa shape index (κ3) is 19.9. The summed E-state index contributed by atoms with van der Waals surface area (Å²) in [4.78, 5) is 78.6. The second kappa shape index (κ2) is 28.1. The molecule has 0 aliphatic carbocycles. The van der Waals surface area contributed by atoms with Crippen molar-refractivity contribution in [1.82, 2.24) is 15.2 Å². The van der Waals surface area contributed by atoms with Gasteiger partial charge in [-0.05, 0) is 92.1 Å². The highest BCUT2D eigenvalue weighted by molar-refractivity contribution is 5.98. The lowest BCUT2D eigenvalue weighted by molar-refractivity contribution is -0.144. The summed E-state index contributed by atoms with van der Waals surface area (Å²) in [6.07, 6.45) is 3.62. The maximum atomic E-state index is 13.5. The number of ether oxygens (including phenoxy) is 4. The van der Waals surface area contributed by atoms with Crippen LogP contribution < -0.4 is 20.7 Å². The van der Waals surface area contributed by atoms with Gasteiger partial charge in [-0.1, -0.05) is 24.3 Å². The Bertz CT molecular complexity index is 1940. The van der Waals surface area contributed by atoms with Gasteiger partial charge in [0.2, 0.25) is 17.7 Å².